The Morgan fingerprint density at radius 3 is 2.67 bits per heavy atom. The number of nitrogens with zero attached hydrogens (tertiary/aromatic N) is 2. The largest absolute Gasteiger partial charge is 0.493 e. The van der Waals surface area contributed by atoms with Crippen LogP contribution < -0.4 is 9.47 Å². The summed E-state index contributed by atoms with van der Waals surface area (Å²) < 4.78 is 10.7. The number of hydrogen-bond donors (Lipinski definition) is 1. The van der Waals surface area contributed by atoms with E-state index in [9.17, 15) is 9.90 Å². The molecule has 0 spiro atoms. The molecule has 0 unspecified atom stereocenters. The first-order chi connectivity index (χ1) is 14.6. The molecule has 0 aliphatic carbocycles. The molecule has 3 saturated heterocycles. The number of rotatable bonds is 7. The number of fused-ring (bicyclic) bond motifs is 4. The molecule has 166 valence electrons. The van der Waals surface area contributed by atoms with Crippen LogP contribution in [0.15, 0.2) is 12.1 Å². The molecule has 1 aromatic carbocycles. The van der Waals surface area contributed by atoms with E-state index in [4.69, 9.17) is 9.47 Å². The van der Waals surface area contributed by atoms with Crippen LogP contribution in [0.25, 0.3) is 0 Å². The number of benzene rings is 1. The first kappa shape index (κ1) is 21.4. The van der Waals surface area contributed by atoms with Gasteiger partial charge in [-0.3, -0.25) is 9.80 Å². The highest BCUT2D eigenvalue weighted by Crippen LogP contribution is 2.43. The summed E-state index contributed by atoms with van der Waals surface area (Å²) in [5.41, 5.74) is 1.05. The molecular weight excluding hydrogens is 380 g/mol. The van der Waals surface area contributed by atoms with Gasteiger partial charge in [0, 0.05) is 31.7 Å². The lowest BCUT2D eigenvalue weighted by molar-refractivity contribution is -0.0757. The van der Waals surface area contributed by atoms with Crippen LogP contribution in [-0.2, 0) is 6.54 Å². The minimum Gasteiger partial charge on any atom is -0.493 e. The van der Waals surface area contributed by atoms with Crippen molar-refractivity contribution in [2.75, 3.05) is 33.9 Å². The molecule has 3 heterocycles. The third-order valence-corrected chi connectivity index (χ3v) is 7.52. The highest BCUT2D eigenvalue weighted by Gasteiger charge is 2.46. The number of piperidine rings is 3. The van der Waals surface area contributed by atoms with Gasteiger partial charge in [0.15, 0.2) is 11.5 Å². The normalized spacial score (nSPS) is 29.3. The van der Waals surface area contributed by atoms with Crippen molar-refractivity contribution in [3.05, 3.63) is 23.3 Å². The summed E-state index contributed by atoms with van der Waals surface area (Å²) in [5, 5.41) is 9.89. The van der Waals surface area contributed by atoms with Crippen LogP contribution in [0.1, 0.15) is 61.4 Å². The molecule has 0 saturated carbocycles. The summed E-state index contributed by atoms with van der Waals surface area (Å²) in [6, 6.07) is 5.11. The number of likely N-dealkylation sites (tertiary alicyclic amines) is 1. The fraction of sp³-hybridized carbons (Fsp3) is 0.708. The van der Waals surface area contributed by atoms with Crippen LogP contribution in [0.4, 0.5) is 0 Å². The number of carbonyl (C=O) groups is 1. The van der Waals surface area contributed by atoms with Crippen molar-refractivity contribution in [2.24, 2.45) is 11.8 Å². The van der Waals surface area contributed by atoms with Crippen LogP contribution in [0, 0.1) is 11.8 Å². The Balaban J connectivity index is 1.59. The molecule has 2 bridgehead atoms. The maximum atomic E-state index is 12.1. The quantitative estimate of drug-likeness (QED) is 0.728. The molecule has 0 radical (unpaired) electrons. The molecule has 3 aliphatic heterocycles. The van der Waals surface area contributed by atoms with Gasteiger partial charge in [-0.05, 0) is 55.7 Å². The second kappa shape index (κ2) is 9.15. The summed E-state index contributed by atoms with van der Waals surface area (Å²) in [4.78, 5) is 17.4. The van der Waals surface area contributed by atoms with Crippen LogP contribution in [0.3, 0.4) is 0 Å². The molecule has 0 amide bonds. The second-order valence-corrected chi connectivity index (χ2v) is 9.25. The Hall–Kier alpha value is -1.79. The minimum atomic E-state index is -0.958. The topological polar surface area (TPSA) is 62.2 Å². The van der Waals surface area contributed by atoms with Crippen LogP contribution in [0.2, 0.25) is 0 Å². The Kier molecular flexibility index (Phi) is 6.54. The molecule has 4 atom stereocenters. The van der Waals surface area contributed by atoms with Crippen molar-refractivity contribution in [3.8, 4) is 11.5 Å². The average Bonchev–Trinajstić information content (AvgIpc) is 2.76. The van der Waals surface area contributed by atoms with Crippen molar-refractivity contribution in [2.45, 2.75) is 64.1 Å². The maximum absolute atomic E-state index is 12.1. The van der Waals surface area contributed by atoms with Gasteiger partial charge in [0.2, 0.25) is 0 Å². The Morgan fingerprint density at radius 2 is 1.97 bits per heavy atom. The third-order valence-electron chi connectivity index (χ3n) is 7.52. The highest BCUT2D eigenvalue weighted by molar-refractivity contribution is 5.93. The summed E-state index contributed by atoms with van der Waals surface area (Å²) in [6.45, 7) is 6.33. The zero-order valence-corrected chi connectivity index (χ0v) is 18.6. The van der Waals surface area contributed by atoms with Crippen molar-refractivity contribution in [1.82, 2.24) is 9.80 Å². The first-order valence-electron chi connectivity index (χ1n) is 11.5. The molecule has 1 N–H and O–H groups in total. The van der Waals surface area contributed by atoms with Crippen molar-refractivity contribution < 1.29 is 19.4 Å². The SMILES string of the molecule is CCC[C@H]1[C@H]2C[C@H](CN(Cc3ccc(OC)c(OC)c3C(=O)O)C2)[C@@H]2CCCCN21. The van der Waals surface area contributed by atoms with E-state index in [1.807, 2.05) is 12.1 Å². The average molecular weight is 417 g/mol. The van der Waals surface area contributed by atoms with Gasteiger partial charge in [-0.1, -0.05) is 25.8 Å². The number of hydrogen-bond acceptors (Lipinski definition) is 5. The lowest BCUT2D eigenvalue weighted by Crippen LogP contribution is -2.63. The Morgan fingerprint density at radius 1 is 1.17 bits per heavy atom. The molecule has 3 aliphatic rings. The molecule has 3 fully saturated rings. The Bertz CT molecular complexity index is 768. The van der Waals surface area contributed by atoms with Crippen LogP contribution >= 0.6 is 0 Å². The molecule has 1 aromatic rings. The zero-order valence-electron chi connectivity index (χ0n) is 18.6. The highest BCUT2D eigenvalue weighted by atomic mass is 16.5. The fourth-order valence-corrected chi connectivity index (χ4v) is 6.40. The van der Waals surface area contributed by atoms with Gasteiger partial charge < -0.3 is 14.6 Å². The Labute approximate surface area is 180 Å². The van der Waals surface area contributed by atoms with E-state index in [1.165, 1.54) is 52.2 Å². The van der Waals surface area contributed by atoms with Gasteiger partial charge >= 0.3 is 5.97 Å². The number of carboxylic acid groups (broad SMARTS) is 1. The predicted octanol–water partition coefficient (Wildman–Crippen LogP) is 3.88. The van der Waals surface area contributed by atoms with Gasteiger partial charge in [-0.15, -0.1) is 0 Å². The van der Waals surface area contributed by atoms with Crippen molar-refractivity contribution in [3.63, 3.8) is 0 Å². The predicted molar refractivity (Wildman–Crippen MR) is 116 cm³/mol. The van der Waals surface area contributed by atoms with E-state index in [0.717, 1.165) is 18.7 Å². The number of carboxylic acids is 1. The van der Waals surface area contributed by atoms with E-state index >= 15 is 0 Å². The van der Waals surface area contributed by atoms with Crippen molar-refractivity contribution >= 4 is 5.97 Å². The van der Waals surface area contributed by atoms with Gasteiger partial charge in [0.05, 0.1) is 14.2 Å². The van der Waals surface area contributed by atoms with Crippen molar-refractivity contribution in [1.29, 1.82) is 0 Å². The van der Waals surface area contributed by atoms with Gasteiger partial charge in [0.1, 0.15) is 5.56 Å². The smallest absolute Gasteiger partial charge is 0.339 e. The lowest BCUT2D eigenvalue weighted by atomic mass is 9.71. The number of ether oxygens (including phenoxy) is 2. The summed E-state index contributed by atoms with van der Waals surface area (Å²) in [6.07, 6.45) is 7.85. The molecule has 6 heteroatoms. The van der Waals surface area contributed by atoms with E-state index in [-0.39, 0.29) is 5.56 Å². The van der Waals surface area contributed by atoms with E-state index in [0.29, 0.717) is 42.0 Å². The second-order valence-electron chi connectivity index (χ2n) is 9.25. The lowest BCUT2D eigenvalue weighted by Gasteiger charge is -2.57. The summed E-state index contributed by atoms with van der Waals surface area (Å²) >= 11 is 0. The van der Waals surface area contributed by atoms with Gasteiger partial charge in [-0.2, -0.15) is 0 Å². The van der Waals surface area contributed by atoms with Gasteiger partial charge in [0.25, 0.3) is 0 Å². The van der Waals surface area contributed by atoms with E-state index in [1.54, 1.807) is 7.11 Å². The van der Waals surface area contributed by atoms with Crippen LogP contribution in [0.5, 0.6) is 11.5 Å². The summed E-state index contributed by atoms with van der Waals surface area (Å²) in [5.74, 6) is 1.22. The molecule has 4 rings (SSSR count). The monoisotopic (exact) mass is 416 g/mol. The van der Waals surface area contributed by atoms with E-state index in [2.05, 4.69) is 16.7 Å². The zero-order chi connectivity index (χ0) is 21.3. The summed E-state index contributed by atoms with van der Waals surface area (Å²) in [7, 11) is 3.05. The van der Waals surface area contributed by atoms with Crippen LogP contribution in [-0.4, -0.2) is 66.8 Å². The fourth-order valence-electron chi connectivity index (χ4n) is 6.40. The molecular formula is C24H36N2O4. The molecule has 0 aromatic heterocycles. The standard InChI is InChI=1S/C24H36N2O4/c1-4-7-19-17-12-18(20-8-5-6-11-26(19)20)15-25(14-17)13-16-9-10-21(29-2)23(30-3)22(16)24(27)28/h9-10,17-20H,4-8,11-15H2,1-3H3,(H,27,28)/t17-,18+,19-,20-/m0/s1. The molecule has 6 nitrogen and oxygen atoms in total. The third kappa shape index (κ3) is 3.92. The first-order valence-corrected chi connectivity index (χ1v) is 11.5. The molecule has 30 heavy (non-hydrogen) atoms. The minimum absolute atomic E-state index is 0.233. The van der Waals surface area contributed by atoms with Gasteiger partial charge in [-0.25, -0.2) is 4.79 Å². The van der Waals surface area contributed by atoms with E-state index < -0.39 is 5.97 Å². The number of aromatic carboxylic acids is 1. The maximum Gasteiger partial charge on any atom is 0.339 e. The number of methoxy groups -OCH3 is 2.